The largest absolute Gasteiger partial charge is 0.481 e. The lowest BCUT2D eigenvalue weighted by atomic mass is 9.30. The Morgan fingerprint density at radius 1 is 0.958 bits per heavy atom. The number of ether oxygens (including phenoxy) is 1. The topological polar surface area (TPSA) is 119 Å². The predicted octanol–water partition coefficient (Wildman–Crippen LogP) is 7.99. The number of rotatable bonds is 9. The number of nitrogens with two attached hydrogens (primary N) is 1. The van der Waals surface area contributed by atoms with Gasteiger partial charge in [-0.3, -0.25) is 14.4 Å². The van der Waals surface area contributed by atoms with Crippen molar-refractivity contribution in [2.75, 3.05) is 6.54 Å². The molecule has 7 heteroatoms. The Kier molecular flexibility index (Phi) is 8.75. The number of allylic oxidation sites excluding steroid dienone is 2. The van der Waals surface area contributed by atoms with Crippen LogP contribution >= 0.6 is 0 Å². The first-order chi connectivity index (χ1) is 22.2. The van der Waals surface area contributed by atoms with E-state index in [-0.39, 0.29) is 51.4 Å². The number of carbonyl (C=O) groups excluding carboxylic acids is 2. The van der Waals surface area contributed by atoms with Gasteiger partial charge in [0.2, 0.25) is 0 Å². The lowest BCUT2D eigenvalue weighted by Crippen LogP contribution is -2.78. The highest BCUT2D eigenvalue weighted by atomic mass is 16.5. The molecule has 0 heterocycles. The lowest BCUT2D eigenvalue weighted by Gasteiger charge is -2.76. The Morgan fingerprint density at radius 3 is 2.25 bits per heavy atom. The summed E-state index contributed by atoms with van der Waals surface area (Å²) in [6.45, 7) is 20.7. The highest BCUT2D eigenvalue weighted by Crippen LogP contribution is 2.77. The van der Waals surface area contributed by atoms with Crippen molar-refractivity contribution in [3.05, 3.63) is 11.1 Å². The molecule has 6 aliphatic rings. The minimum absolute atomic E-state index is 0.00511. The molecular formula is C41H66N2O5. The number of carboxylic acid groups (broad SMARTS) is 1. The number of Topliss-reactive ketones (excluding diaryl/α,β-unsaturated/α-hetero) is 1. The molecule has 0 unspecified atom stereocenters. The highest BCUT2D eigenvalue weighted by Gasteiger charge is 2.75. The molecule has 5 saturated carbocycles. The number of fused-ring (bicyclic) bond motifs is 7. The number of ketones is 1. The third kappa shape index (κ3) is 4.96. The Labute approximate surface area is 290 Å². The van der Waals surface area contributed by atoms with Crippen LogP contribution in [0.3, 0.4) is 0 Å². The summed E-state index contributed by atoms with van der Waals surface area (Å²) in [4.78, 5) is 38.7. The summed E-state index contributed by atoms with van der Waals surface area (Å²) in [5.41, 5.74) is 8.61. The fraction of sp³-hybridized carbons (Fsp3) is 0.878. The summed E-state index contributed by atoms with van der Waals surface area (Å²) >= 11 is 0. The maximum Gasteiger partial charge on any atom is 0.309 e. The third-order valence-corrected chi connectivity index (χ3v) is 16.5. The maximum atomic E-state index is 13.9. The summed E-state index contributed by atoms with van der Waals surface area (Å²) in [5, 5.41) is 13.4. The van der Waals surface area contributed by atoms with Gasteiger partial charge in [0.25, 0.3) is 0 Å². The number of hydrogen-bond acceptors (Lipinski definition) is 6. The molecule has 0 aromatic carbocycles. The zero-order valence-electron chi connectivity index (χ0n) is 31.7. The van der Waals surface area contributed by atoms with E-state index in [4.69, 9.17) is 10.5 Å². The monoisotopic (exact) mass is 666 g/mol. The number of carboxylic acids is 1. The summed E-state index contributed by atoms with van der Waals surface area (Å²) in [5.74, 6) is -0.112. The molecule has 0 spiro atoms. The van der Waals surface area contributed by atoms with Crippen LogP contribution in [0.5, 0.6) is 0 Å². The van der Waals surface area contributed by atoms with Crippen molar-refractivity contribution in [3.8, 4) is 0 Å². The molecule has 0 aromatic rings. The van der Waals surface area contributed by atoms with Crippen LogP contribution in [0.25, 0.3) is 0 Å². The van der Waals surface area contributed by atoms with E-state index in [2.05, 4.69) is 53.8 Å². The Balaban J connectivity index is 1.30. The Morgan fingerprint density at radius 2 is 1.65 bits per heavy atom. The van der Waals surface area contributed by atoms with Gasteiger partial charge in [-0.1, -0.05) is 60.5 Å². The minimum atomic E-state index is -1.16. The number of hydrogen-bond donors (Lipinski definition) is 3. The second-order valence-electron chi connectivity index (χ2n) is 19.7. The van der Waals surface area contributed by atoms with E-state index in [1.54, 1.807) is 13.8 Å². The van der Waals surface area contributed by atoms with Crippen LogP contribution in [-0.4, -0.2) is 47.1 Å². The summed E-state index contributed by atoms with van der Waals surface area (Å²) in [6, 6.07) is 0.659. The van der Waals surface area contributed by atoms with Gasteiger partial charge in [-0.05, 0) is 131 Å². The molecule has 0 saturated heterocycles. The van der Waals surface area contributed by atoms with Crippen LogP contribution in [0.1, 0.15) is 152 Å². The van der Waals surface area contributed by atoms with Gasteiger partial charge in [-0.2, -0.15) is 0 Å². The van der Waals surface area contributed by atoms with Crippen LogP contribution in [0.15, 0.2) is 11.1 Å². The number of carbonyl (C=O) groups is 3. The summed E-state index contributed by atoms with van der Waals surface area (Å²) in [6.07, 6.45) is 13.1. The number of aliphatic carboxylic acids is 1. The highest BCUT2D eigenvalue weighted by molar-refractivity contribution is 6.00. The minimum Gasteiger partial charge on any atom is -0.481 e. The van der Waals surface area contributed by atoms with E-state index in [9.17, 15) is 19.5 Å². The van der Waals surface area contributed by atoms with Crippen molar-refractivity contribution in [2.24, 2.45) is 56.0 Å². The zero-order chi connectivity index (χ0) is 35.3. The second-order valence-corrected chi connectivity index (χ2v) is 19.7. The van der Waals surface area contributed by atoms with Crippen molar-refractivity contribution < 1.29 is 24.2 Å². The fourth-order valence-electron chi connectivity index (χ4n) is 13.0. The molecule has 270 valence electrons. The molecular weight excluding hydrogens is 600 g/mol. The van der Waals surface area contributed by atoms with E-state index in [1.807, 2.05) is 0 Å². The van der Waals surface area contributed by atoms with E-state index >= 15 is 0 Å². The van der Waals surface area contributed by atoms with Gasteiger partial charge in [-0.15, -0.1) is 0 Å². The summed E-state index contributed by atoms with van der Waals surface area (Å²) in [7, 11) is 0. The first-order valence-corrected chi connectivity index (χ1v) is 19.4. The molecule has 7 nitrogen and oxygen atoms in total. The van der Waals surface area contributed by atoms with Crippen molar-refractivity contribution in [2.45, 2.75) is 170 Å². The van der Waals surface area contributed by atoms with Crippen LogP contribution in [-0.2, 0) is 19.1 Å². The molecule has 6 rings (SSSR count). The van der Waals surface area contributed by atoms with Crippen LogP contribution in [0, 0.1) is 50.2 Å². The van der Waals surface area contributed by atoms with E-state index in [1.165, 1.54) is 24.8 Å². The normalized spacial score (nSPS) is 42.4. The van der Waals surface area contributed by atoms with Gasteiger partial charge < -0.3 is 20.9 Å². The average molecular weight is 667 g/mol. The van der Waals surface area contributed by atoms with Crippen molar-refractivity contribution in [3.63, 3.8) is 0 Å². The molecule has 0 bridgehead atoms. The van der Waals surface area contributed by atoms with Crippen LogP contribution < -0.4 is 11.1 Å². The molecule has 0 aromatic heterocycles. The molecule has 0 aliphatic heterocycles. The van der Waals surface area contributed by atoms with Gasteiger partial charge in [0.1, 0.15) is 6.10 Å². The molecule has 5 fully saturated rings. The van der Waals surface area contributed by atoms with Crippen LogP contribution in [0.2, 0.25) is 0 Å². The Bertz CT molecular complexity index is 1380. The molecule has 6 aliphatic carbocycles. The maximum absolute atomic E-state index is 13.9. The van der Waals surface area contributed by atoms with Gasteiger partial charge in [0.05, 0.1) is 11.8 Å². The SMILES string of the molecule is CC(C)C1=C2[C@H]3CC[C@@]4(N)[C@@](C)(CC[C@H]5C(C)(C)[C@@H](OC(=O)CC(C)(C)C(=O)O)CC[C@@]54C)[C@]3(C)CC[C@@]2(CCNC2CCC2)CC1=O. The summed E-state index contributed by atoms with van der Waals surface area (Å²) < 4.78 is 6.16. The standard InChI is InChI=1S/C41H66N2O5/c1-25(2)32-28(44)23-40(21-22-43-26-11-10-12-26)20-19-37(7)27(33(32)40)13-18-41(42)38(8)16-15-30(48-31(45)24-35(3,4)34(46)47)36(5,6)29(38)14-17-39(37,41)9/h25-27,29-30,43H,10-24,42H2,1-9H3,(H,46,47)/t27-,29+,30+,37-,38+,39+,40-,41+/m1/s1. The van der Waals surface area contributed by atoms with Gasteiger partial charge >= 0.3 is 11.9 Å². The molecule has 0 radical (unpaired) electrons. The zero-order valence-corrected chi connectivity index (χ0v) is 31.7. The van der Waals surface area contributed by atoms with E-state index < -0.39 is 22.9 Å². The Hall–Kier alpha value is -1.73. The van der Waals surface area contributed by atoms with Gasteiger partial charge in [-0.25, -0.2) is 0 Å². The molecule has 48 heavy (non-hydrogen) atoms. The third-order valence-electron chi connectivity index (χ3n) is 16.5. The number of nitrogens with one attached hydrogen (secondary N) is 1. The van der Waals surface area contributed by atoms with E-state index in [0.29, 0.717) is 24.2 Å². The van der Waals surface area contributed by atoms with Crippen molar-refractivity contribution >= 4 is 17.7 Å². The van der Waals surface area contributed by atoms with Crippen molar-refractivity contribution in [1.82, 2.24) is 5.32 Å². The van der Waals surface area contributed by atoms with Gasteiger partial charge in [0, 0.05) is 28.8 Å². The molecule has 4 N–H and O–H groups in total. The molecule has 8 atom stereocenters. The van der Waals surface area contributed by atoms with E-state index in [0.717, 1.165) is 69.9 Å². The first-order valence-electron chi connectivity index (χ1n) is 19.4. The quantitative estimate of drug-likeness (QED) is 0.214. The lowest BCUT2D eigenvalue weighted by molar-refractivity contribution is -0.244. The fourth-order valence-corrected chi connectivity index (χ4v) is 13.0. The van der Waals surface area contributed by atoms with Crippen molar-refractivity contribution in [1.29, 1.82) is 0 Å². The number of esters is 1. The van der Waals surface area contributed by atoms with Crippen LogP contribution in [0.4, 0.5) is 0 Å². The second kappa shape index (κ2) is 11.6. The first kappa shape index (κ1) is 36.1. The molecule has 0 amide bonds. The predicted molar refractivity (Wildman–Crippen MR) is 189 cm³/mol. The average Bonchev–Trinajstić information content (AvgIpc) is 3.25. The van der Waals surface area contributed by atoms with Gasteiger partial charge in [0.15, 0.2) is 5.78 Å². The smallest absolute Gasteiger partial charge is 0.309 e.